The van der Waals surface area contributed by atoms with Gasteiger partial charge in [-0.05, 0) is 30.3 Å². The molecule has 3 rings (SSSR count). The van der Waals surface area contributed by atoms with Crippen molar-refractivity contribution in [2.24, 2.45) is 11.3 Å². The average Bonchev–Trinajstić information content (AvgIpc) is 2.98. The maximum absolute atomic E-state index is 13.3. The molecular formula is C22H22BrNO5. The molecule has 0 aliphatic carbocycles. The number of amides is 1. The Morgan fingerprint density at radius 2 is 1.76 bits per heavy atom. The van der Waals surface area contributed by atoms with Crippen molar-refractivity contribution < 1.29 is 24.2 Å². The van der Waals surface area contributed by atoms with Gasteiger partial charge >= 0.3 is 0 Å². The van der Waals surface area contributed by atoms with Crippen LogP contribution in [0.2, 0.25) is 0 Å². The molecule has 2 unspecified atom stereocenters. The zero-order valence-electron chi connectivity index (χ0n) is 16.4. The molecule has 0 saturated carbocycles. The Balaban J connectivity index is 2.22. The van der Waals surface area contributed by atoms with Crippen LogP contribution in [0.25, 0.3) is 0 Å². The number of rotatable bonds is 6. The van der Waals surface area contributed by atoms with Gasteiger partial charge in [-0.25, -0.2) is 0 Å². The summed E-state index contributed by atoms with van der Waals surface area (Å²) in [6.07, 6.45) is 0. The lowest BCUT2D eigenvalue weighted by Gasteiger charge is -2.31. The highest BCUT2D eigenvalue weighted by atomic mass is 79.9. The predicted molar refractivity (Wildman–Crippen MR) is 112 cm³/mol. The normalized spacial score (nSPS) is 19.6. The molecule has 1 aliphatic heterocycles. The van der Waals surface area contributed by atoms with Gasteiger partial charge in [-0.2, -0.15) is 0 Å². The van der Waals surface area contributed by atoms with Crippen LogP contribution < -0.4 is 9.64 Å². The number of nitrogens with zero attached hydrogens (tertiary/aromatic N) is 1. The molecule has 1 N–H and O–H groups in total. The molecule has 29 heavy (non-hydrogen) atoms. The Kier molecular flexibility index (Phi) is 5.91. The first-order chi connectivity index (χ1) is 13.7. The molecule has 7 heteroatoms. The lowest BCUT2D eigenvalue weighted by molar-refractivity contribution is -0.142. The first kappa shape index (κ1) is 21.2. The number of halogens is 1. The smallest absolute Gasteiger partial charge is 0.295 e. The number of aliphatic hydroxyl groups excluding tert-OH is 1. The highest BCUT2D eigenvalue weighted by Crippen LogP contribution is 2.45. The molecule has 1 aliphatic rings. The van der Waals surface area contributed by atoms with Crippen molar-refractivity contribution in [2.75, 3.05) is 18.6 Å². The fourth-order valence-electron chi connectivity index (χ4n) is 3.54. The second-order valence-corrected chi connectivity index (χ2v) is 8.50. The highest BCUT2D eigenvalue weighted by Gasteiger charge is 2.55. The molecule has 2 aromatic rings. The number of benzene rings is 2. The molecule has 1 fully saturated rings. The van der Waals surface area contributed by atoms with Crippen LogP contribution in [0.1, 0.15) is 25.5 Å². The SMILES string of the molecule is COc1ccccc1C1C(C(=O)C(C)(C)CO)C(=O)C(=O)N1c1ccc(Br)cc1. The summed E-state index contributed by atoms with van der Waals surface area (Å²) in [5.74, 6) is -2.79. The van der Waals surface area contributed by atoms with Crippen molar-refractivity contribution in [3.8, 4) is 5.75 Å². The molecule has 0 radical (unpaired) electrons. The number of aliphatic hydroxyl groups is 1. The monoisotopic (exact) mass is 459 g/mol. The first-order valence-corrected chi connectivity index (χ1v) is 9.93. The minimum atomic E-state index is -1.25. The van der Waals surface area contributed by atoms with Crippen LogP contribution in [0, 0.1) is 11.3 Å². The van der Waals surface area contributed by atoms with Crippen molar-refractivity contribution in [2.45, 2.75) is 19.9 Å². The Morgan fingerprint density at radius 1 is 1.14 bits per heavy atom. The average molecular weight is 460 g/mol. The summed E-state index contributed by atoms with van der Waals surface area (Å²) in [4.78, 5) is 40.6. The zero-order chi connectivity index (χ0) is 21.3. The molecule has 1 heterocycles. The summed E-state index contributed by atoms with van der Waals surface area (Å²) in [5.41, 5.74) is -0.111. The second kappa shape index (κ2) is 8.08. The second-order valence-electron chi connectivity index (χ2n) is 7.59. The number of ketones is 2. The van der Waals surface area contributed by atoms with Gasteiger partial charge < -0.3 is 9.84 Å². The summed E-state index contributed by atoms with van der Waals surface area (Å²) in [7, 11) is 1.50. The summed E-state index contributed by atoms with van der Waals surface area (Å²) in [6.45, 7) is 2.70. The molecule has 152 valence electrons. The number of Topliss-reactive ketones (excluding diaryl/α,β-unsaturated/α-hetero) is 2. The molecule has 1 saturated heterocycles. The van der Waals surface area contributed by atoms with Crippen molar-refractivity contribution in [3.63, 3.8) is 0 Å². The topological polar surface area (TPSA) is 83.9 Å². The van der Waals surface area contributed by atoms with Gasteiger partial charge in [0.15, 0.2) is 5.78 Å². The Labute approximate surface area is 177 Å². The Morgan fingerprint density at radius 3 is 2.34 bits per heavy atom. The number of para-hydroxylation sites is 1. The van der Waals surface area contributed by atoms with E-state index in [1.54, 1.807) is 62.4 Å². The molecule has 1 amide bonds. The van der Waals surface area contributed by atoms with E-state index in [9.17, 15) is 19.5 Å². The van der Waals surface area contributed by atoms with E-state index < -0.39 is 41.5 Å². The summed E-state index contributed by atoms with van der Waals surface area (Å²) in [6, 6.07) is 13.1. The van der Waals surface area contributed by atoms with Crippen LogP contribution in [0.4, 0.5) is 5.69 Å². The van der Waals surface area contributed by atoms with Crippen molar-refractivity contribution in [1.82, 2.24) is 0 Å². The van der Waals surface area contributed by atoms with Crippen LogP contribution in [0.5, 0.6) is 5.75 Å². The van der Waals surface area contributed by atoms with E-state index in [1.165, 1.54) is 12.0 Å². The fraction of sp³-hybridized carbons (Fsp3) is 0.318. The van der Waals surface area contributed by atoms with E-state index in [4.69, 9.17) is 4.74 Å². The maximum Gasteiger partial charge on any atom is 0.295 e. The van der Waals surface area contributed by atoms with Crippen LogP contribution in [0.15, 0.2) is 53.0 Å². The summed E-state index contributed by atoms with van der Waals surface area (Å²) < 4.78 is 6.28. The molecule has 6 nitrogen and oxygen atoms in total. The Bertz CT molecular complexity index is 954. The number of hydrogen-bond acceptors (Lipinski definition) is 5. The van der Waals surface area contributed by atoms with Gasteiger partial charge in [0, 0.05) is 21.1 Å². The molecule has 0 spiro atoms. The van der Waals surface area contributed by atoms with Gasteiger partial charge in [0.1, 0.15) is 11.7 Å². The third-order valence-electron chi connectivity index (χ3n) is 5.21. The van der Waals surface area contributed by atoms with Gasteiger partial charge in [0.2, 0.25) is 5.78 Å². The zero-order valence-corrected chi connectivity index (χ0v) is 18.0. The standard InChI is InChI=1S/C22H22BrNO5/c1-22(2,12-25)20(27)17-18(15-6-4-5-7-16(15)29-3)24(21(28)19(17)26)14-10-8-13(23)9-11-14/h4-11,17-18,25H,12H2,1-3H3. The van der Waals surface area contributed by atoms with Gasteiger partial charge in [0.05, 0.1) is 19.8 Å². The number of methoxy groups -OCH3 is 1. The minimum Gasteiger partial charge on any atom is -0.496 e. The van der Waals surface area contributed by atoms with Gasteiger partial charge in [-0.1, -0.05) is 48.0 Å². The van der Waals surface area contributed by atoms with E-state index >= 15 is 0 Å². The minimum absolute atomic E-state index is 0.430. The van der Waals surface area contributed by atoms with Gasteiger partial charge in [-0.3, -0.25) is 19.3 Å². The van der Waals surface area contributed by atoms with Gasteiger partial charge in [-0.15, -0.1) is 0 Å². The molecular weight excluding hydrogens is 438 g/mol. The number of anilines is 1. The summed E-state index contributed by atoms with van der Waals surface area (Å²) >= 11 is 3.36. The van der Waals surface area contributed by atoms with E-state index in [0.717, 1.165) is 4.47 Å². The Hall–Kier alpha value is -2.51. The maximum atomic E-state index is 13.3. The van der Waals surface area contributed by atoms with Crippen LogP contribution in [-0.2, 0) is 14.4 Å². The number of hydrogen-bond donors (Lipinski definition) is 1. The van der Waals surface area contributed by atoms with Crippen molar-refractivity contribution in [1.29, 1.82) is 0 Å². The molecule has 0 bridgehead atoms. The van der Waals surface area contributed by atoms with Crippen molar-refractivity contribution >= 4 is 39.1 Å². The lowest BCUT2D eigenvalue weighted by atomic mass is 9.76. The molecule has 2 atom stereocenters. The van der Waals surface area contributed by atoms with E-state index in [1.807, 2.05) is 0 Å². The lowest BCUT2D eigenvalue weighted by Crippen LogP contribution is -2.39. The summed E-state index contributed by atoms with van der Waals surface area (Å²) in [5, 5.41) is 9.69. The largest absolute Gasteiger partial charge is 0.496 e. The third kappa shape index (κ3) is 3.72. The van der Waals surface area contributed by atoms with Crippen LogP contribution in [-0.4, -0.2) is 36.3 Å². The molecule has 0 aromatic heterocycles. The quantitative estimate of drug-likeness (QED) is 0.528. The number of carbonyl (C=O) groups excluding carboxylic acids is 3. The predicted octanol–water partition coefficient (Wildman–Crippen LogP) is 3.32. The number of carbonyl (C=O) groups is 3. The number of ether oxygens (including phenoxy) is 1. The first-order valence-electron chi connectivity index (χ1n) is 9.14. The van der Waals surface area contributed by atoms with Gasteiger partial charge in [0.25, 0.3) is 5.91 Å². The van der Waals surface area contributed by atoms with E-state index in [0.29, 0.717) is 17.0 Å². The van der Waals surface area contributed by atoms with E-state index in [-0.39, 0.29) is 0 Å². The van der Waals surface area contributed by atoms with Crippen LogP contribution >= 0.6 is 15.9 Å². The van der Waals surface area contributed by atoms with E-state index in [2.05, 4.69) is 15.9 Å². The van der Waals surface area contributed by atoms with Crippen LogP contribution in [0.3, 0.4) is 0 Å². The molecule has 2 aromatic carbocycles. The fourth-order valence-corrected chi connectivity index (χ4v) is 3.81. The van der Waals surface area contributed by atoms with Crippen molar-refractivity contribution in [3.05, 3.63) is 58.6 Å². The highest BCUT2D eigenvalue weighted by molar-refractivity contribution is 9.10. The third-order valence-corrected chi connectivity index (χ3v) is 5.74.